The monoisotopic (exact) mass is 145 g/mol. The summed E-state index contributed by atoms with van der Waals surface area (Å²) in [5.74, 6) is 0.572. The van der Waals surface area contributed by atoms with E-state index in [2.05, 4.69) is 13.8 Å². The van der Waals surface area contributed by atoms with E-state index < -0.39 is 0 Å². The normalized spacial score (nSPS) is 14.1. The minimum absolute atomic E-state index is 0.104. The van der Waals surface area contributed by atoms with Crippen molar-refractivity contribution >= 4 is 0 Å². The highest BCUT2D eigenvalue weighted by molar-refractivity contribution is 4.42. The number of hydrogen-bond acceptors (Lipinski definition) is 2. The Morgan fingerprint density at radius 1 is 1.30 bits per heavy atom. The van der Waals surface area contributed by atoms with Crippen molar-refractivity contribution in [3.05, 3.63) is 6.61 Å². The second-order valence-corrected chi connectivity index (χ2v) is 2.67. The van der Waals surface area contributed by atoms with E-state index in [1.165, 1.54) is 0 Å². The maximum Gasteiger partial charge on any atom is 0.155 e. The fraction of sp³-hybridized carbons (Fsp3) is 0.875. The summed E-state index contributed by atoms with van der Waals surface area (Å²) in [6.07, 6.45) is -0.104. The van der Waals surface area contributed by atoms with E-state index in [1.54, 1.807) is 6.61 Å². The Balaban J connectivity index is 3.12. The van der Waals surface area contributed by atoms with Gasteiger partial charge in [-0.1, -0.05) is 13.8 Å². The Bertz CT molecular complexity index is 71.7. The van der Waals surface area contributed by atoms with E-state index in [0.717, 1.165) is 6.61 Å². The predicted molar refractivity (Wildman–Crippen MR) is 41.3 cm³/mol. The van der Waals surface area contributed by atoms with Crippen molar-refractivity contribution in [3.8, 4) is 0 Å². The number of ether oxygens (including phenoxy) is 2. The molecule has 0 saturated heterocycles. The van der Waals surface area contributed by atoms with Gasteiger partial charge in [0.25, 0.3) is 0 Å². The van der Waals surface area contributed by atoms with Gasteiger partial charge in [-0.15, -0.1) is 0 Å². The zero-order chi connectivity index (χ0) is 7.98. The third-order valence-corrected chi connectivity index (χ3v) is 0.992. The molecule has 1 radical (unpaired) electrons. The molecule has 0 aromatic carbocycles. The van der Waals surface area contributed by atoms with Crippen LogP contribution in [0.3, 0.4) is 0 Å². The molecule has 0 aliphatic carbocycles. The van der Waals surface area contributed by atoms with Crippen molar-refractivity contribution in [2.75, 3.05) is 6.61 Å². The van der Waals surface area contributed by atoms with Crippen LogP contribution >= 0.6 is 0 Å². The molecule has 1 atom stereocenters. The topological polar surface area (TPSA) is 18.5 Å². The number of rotatable bonds is 5. The Morgan fingerprint density at radius 3 is 2.30 bits per heavy atom. The second kappa shape index (κ2) is 5.69. The summed E-state index contributed by atoms with van der Waals surface area (Å²) in [4.78, 5) is 0. The fourth-order valence-electron chi connectivity index (χ4n) is 0.559. The Kier molecular flexibility index (Phi) is 5.64. The molecule has 1 unspecified atom stereocenters. The van der Waals surface area contributed by atoms with Crippen molar-refractivity contribution in [1.82, 2.24) is 0 Å². The van der Waals surface area contributed by atoms with Crippen molar-refractivity contribution in [3.63, 3.8) is 0 Å². The Morgan fingerprint density at radius 2 is 1.90 bits per heavy atom. The lowest BCUT2D eigenvalue weighted by molar-refractivity contribution is -0.113. The second-order valence-electron chi connectivity index (χ2n) is 2.67. The molecule has 0 aliphatic heterocycles. The molecule has 2 nitrogen and oxygen atoms in total. The SMILES string of the molecule is C[CH]OC(C)OCC(C)C. The third-order valence-electron chi connectivity index (χ3n) is 0.992. The molecule has 0 saturated carbocycles. The van der Waals surface area contributed by atoms with Crippen LogP contribution in [0.2, 0.25) is 0 Å². The smallest absolute Gasteiger partial charge is 0.155 e. The van der Waals surface area contributed by atoms with E-state index in [-0.39, 0.29) is 6.29 Å². The highest BCUT2D eigenvalue weighted by Crippen LogP contribution is 1.99. The summed E-state index contributed by atoms with van der Waals surface area (Å²) < 4.78 is 10.3. The maximum atomic E-state index is 5.29. The predicted octanol–water partition coefficient (Wildman–Crippen LogP) is 2.20. The van der Waals surface area contributed by atoms with Gasteiger partial charge in [-0.2, -0.15) is 0 Å². The van der Waals surface area contributed by atoms with Crippen molar-refractivity contribution in [2.45, 2.75) is 34.0 Å². The maximum absolute atomic E-state index is 5.29. The third kappa shape index (κ3) is 6.05. The minimum atomic E-state index is -0.104. The van der Waals surface area contributed by atoms with Crippen LogP contribution in [0.15, 0.2) is 0 Å². The zero-order valence-corrected chi connectivity index (χ0v) is 7.26. The van der Waals surface area contributed by atoms with Crippen molar-refractivity contribution < 1.29 is 9.47 Å². The lowest BCUT2D eigenvalue weighted by atomic mass is 10.2. The molecule has 0 aromatic heterocycles. The summed E-state index contributed by atoms with van der Waals surface area (Å²) in [5.41, 5.74) is 0. The molecule has 61 valence electrons. The summed E-state index contributed by atoms with van der Waals surface area (Å²) in [6.45, 7) is 10.4. The first-order chi connectivity index (χ1) is 4.66. The molecule has 0 amide bonds. The summed E-state index contributed by atoms with van der Waals surface area (Å²) in [6, 6.07) is 0. The van der Waals surface area contributed by atoms with Gasteiger partial charge in [-0.3, -0.25) is 0 Å². The number of hydrogen-bond donors (Lipinski definition) is 0. The highest BCUT2D eigenvalue weighted by Gasteiger charge is 2.01. The lowest BCUT2D eigenvalue weighted by Crippen LogP contribution is -2.14. The van der Waals surface area contributed by atoms with Crippen LogP contribution in [0.4, 0.5) is 0 Å². The van der Waals surface area contributed by atoms with Gasteiger partial charge >= 0.3 is 0 Å². The Hall–Kier alpha value is -0.0800. The van der Waals surface area contributed by atoms with Crippen molar-refractivity contribution in [2.24, 2.45) is 5.92 Å². The van der Waals surface area contributed by atoms with Crippen molar-refractivity contribution in [1.29, 1.82) is 0 Å². The molecule has 0 spiro atoms. The Labute approximate surface area is 63.5 Å². The lowest BCUT2D eigenvalue weighted by Gasteiger charge is -2.13. The first kappa shape index (κ1) is 9.92. The van der Waals surface area contributed by atoms with Crippen LogP contribution in [-0.4, -0.2) is 12.9 Å². The van der Waals surface area contributed by atoms with Crippen LogP contribution in [-0.2, 0) is 9.47 Å². The van der Waals surface area contributed by atoms with Gasteiger partial charge in [0, 0.05) is 0 Å². The van der Waals surface area contributed by atoms with Crippen LogP contribution in [0.25, 0.3) is 0 Å². The van der Waals surface area contributed by atoms with Gasteiger partial charge in [0.15, 0.2) is 6.29 Å². The van der Waals surface area contributed by atoms with Crippen LogP contribution in [0.5, 0.6) is 0 Å². The average molecular weight is 145 g/mol. The van der Waals surface area contributed by atoms with Crippen LogP contribution in [0.1, 0.15) is 27.7 Å². The van der Waals surface area contributed by atoms with Crippen LogP contribution in [0, 0.1) is 12.5 Å². The molecular formula is C8H17O2. The molecule has 0 aliphatic rings. The molecule has 0 fully saturated rings. The zero-order valence-electron chi connectivity index (χ0n) is 7.26. The molecule has 0 bridgehead atoms. The van der Waals surface area contributed by atoms with E-state index in [0.29, 0.717) is 5.92 Å². The van der Waals surface area contributed by atoms with Gasteiger partial charge in [0.2, 0.25) is 0 Å². The molecule has 0 heterocycles. The largest absolute Gasteiger partial charge is 0.353 e. The highest BCUT2D eigenvalue weighted by atomic mass is 16.7. The molecule has 0 N–H and O–H groups in total. The summed E-state index contributed by atoms with van der Waals surface area (Å²) in [7, 11) is 0. The minimum Gasteiger partial charge on any atom is -0.353 e. The average Bonchev–Trinajstić information content (AvgIpc) is 1.85. The summed E-state index contributed by atoms with van der Waals surface area (Å²) in [5, 5.41) is 0. The molecular weight excluding hydrogens is 128 g/mol. The quantitative estimate of drug-likeness (QED) is 0.552. The molecule has 0 aromatic rings. The summed E-state index contributed by atoms with van der Waals surface area (Å²) >= 11 is 0. The van der Waals surface area contributed by atoms with Gasteiger partial charge in [-0.05, 0) is 19.8 Å². The molecule has 2 heteroatoms. The fourth-order valence-corrected chi connectivity index (χ4v) is 0.559. The van der Waals surface area contributed by atoms with Gasteiger partial charge in [0.1, 0.15) is 0 Å². The van der Waals surface area contributed by atoms with Gasteiger partial charge in [0.05, 0.1) is 13.2 Å². The first-order valence-electron chi connectivity index (χ1n) is 3.71. The van der Waals surface area contributed by atoms with E-state index >= 15 is 0 Å². The van der Waals surface area contributed by atoms with E-state index in [4.69, 9.17) is 9.47 Å². The van der Waals surface area contributed by atoms with Gasteiger partial charge in [-0.25, -0.2) is 0 Å². The molecule has 10 heavy (non-hydrogen) atoms. The van der Waals surface area contributed by atoms with Gasteiger partial charge < -0.3 is 9.47 Å². The standard InChI is InChI=1S/C8H17O2/c1-5-9-8(4)10-6-7(2)3/h5,7-8H,6H2,1-4H3. The molecule has 0 rings (SSSR count). The van der Waals surface area contributed by atoms with Crippen LogP contribution < -0.4 is 0 Å². The van der Waals surface area contributed by atoms with E-state index in [1.807, 2.05) is 13.8 Å². The van der Waals surface area contributed by atoms with E-state index in [9.17, 15) is 0 Å². The first-order valence-corrected chi connectivity index (χ1v) is 3.71.